The van der Waals surface area contributed by atoms with E-state index < -0.39 is 5.41 Å². The fraction of sp³-hybridized carbons (Fsp3) is 0.0154. The zero-order valence-corrected chi connectivity index (χ0v) is 36.9. The van der Waals surface area contributed by atoms with Gasteiger partial charge < -0.3 is 13.7 Å². The van der Waals surface area contributed by atoms with Crippen molar-refractivity contribution in [2.24, 2.45) is 0 Å². The molecule has 2 aromatic heterocycles. The highest BCUT2D eigenvalue weighted by molar-refractivity contribution is 6.18. The highest BCUT2D eigenvalue weighted by Crippen LogP contribution is 2.60. The van der Waals surface area contributed by atoms with Gasteiger partial charge >= 0.3 is 0 Å². The molecule has 0 radical (unpaired) electrons. The Morgan fingerprint density at radius 2 is 0.897 bits per heavy atom. The van der Waals surface area contributed by atoms with Crippen LogP contribution in [-0.4, -0.2) is 0 Å². The van der Waals surface area contributed by atoms with Crippen molar-refractivity contribution in [1.82, 2.24) is 0 Å². The molecule has 318 valence electrons. The van der Waals surface area contributed by atoms with Gasteiger partial charge in [-0.05, 0) is 92.9 Å². The summed E-state index contributed by atoms with van der Waals surface area (Å²) < 4.78 is 13.4. The molecule has 11 aromatic carbocycles. The summed E-state index contributed by atoms with van der Waals surface area (Å²) in [6, 6.07) is 90.1. The van der Waals surface area contributed by atoms with Crippen molar-refractivity contribution in [2.75, 3.05) is 4.90 Å². The second kappa shape index (κ2) is 15.1. The third kappa shape index (κ3) is 5.60. The maximum atomic E-state index is 7.03. The highest BCUT2D eigenvalue weighted by atomic mass is 16.3. The summed E-state index contributed by atoms with van der Waals surface area (Å²) >= 11 is 0. The molecule has 13 aromatic rings. The molecule has 14 rings (SSSR count). The smallest absolute Gasteiger partial charge is 0.143 e. The normalized spacial score (nSPS) is 12.8. The third-order valence-electron chi connectivity index (χ3n) is 14.4. The molecule has 0 spiro atoms. The molecule has 0 saturated carbocycles. The number of benzene rings is 11. The maximum absolute atomic E-state index is 7.03. The summed E-state index contributed by atoms with van der Waals surface area (Å²) in [6.07, 6.45) is 0. The predicted octanol–water partition coefficient (Wildman–Crippen LogP) is 17.8. The minimum absolute atomic E-state index is 0.558. The monoisotopic (exact) mass is 867 g/mol. The van der Waals surface area contributed by atoms with Crippen LogP contribution < -0.4 is 4.90 Å². The van der Waals surface area contributed by atoms with Crippen LogP contribution in [0.5, 0.6) is 0 Å². The van der Waals surface area contributed by atoms with Crippen molar-refractivity contribution < 1.29 is 8.83 Å². The molecule has 0 fully saturated rings. The summed E-state index contributed by atoms with van der Waals surface area (Å²) in [5.74, 6) is 0. The van der Waals surface area contributed by atoms with E-state index in [9.17, 15) is 0 Å². The minimum Gasteiger partial charge on any atom is -0.456 e. The van der Waals surface area contributed by atoms with Gasteiger partial charge in [0.25, 0.3) is 0 Å². The summed E-state index contributed by atoms with van der Waals surface area (Å²) in [6.45, 7) is 0. The van der Waals surface area contributed by atoms with Gasteiger partial charge in [-0.3, -0.25) is 0 Å². The molecule has 1 aliphatic rings. The average molecular weight is 868 g/mol. The predicted molar refractivity (Wildman–Crippen MR) is 281 cm³/mol. The summed E-state index contributed by atoms with van der Waals surface area (Å²) in [4.78, 5) is 2.47. The van der Waals surface area contributed by atoms with Crippen LogP contribution in [0.15, 0.2) is 258 Å². The van der Waals surface area contributed by atoms with Crippen LogP contribution in [0.1, 0.15) is 22.3 Å². The van der Waals surface area contributed by atoms with Gasteiger partial charge in [0.1, 0.15) is 22.3 Å². The Balaban J connectivity index is 1.02. The van der Waals surface area contributed by atoms with E-state index in [0.29, 0.717) is 0 Å². The maximum Gasteiger partial charge on any atom is 0.143 e. The zero-order chi connectivity index (χ0) is 44.8. The Hall–Kier alpha value is -8.92. The van der Waals surface area contributed by atoms with E-state index in [4.69, 9.17) is 8.83 Å². The number of hydrogen-bond acceptors (Lipinski definition) is 3. The van der Waals surface area contributed by atoms with Crippen LogP contribution in [-0.2, 0) is 5.41 Å². The molecule has 0 amide bonds. The van der Waals surface area contributed by atoms with E-state index in [1.165, 1.54) is 33.4 Å². The quantitative estimate of drug-likeness (QED) is 0.160. The Kier molecular flexibility index (Phi) is 8.50. The number of hydrogen-bond donors (Lipinski definition) is 0. The van der Waals surface area contributed by atoms with Crippen molar-refractivity contribution in [3.63, 3.8) is 0 Å². The van der Waals surface area contributed by atoms with Crippen LogP contribution >= 0.6 is 0 Å². The first-order valence-electron chi connectivity index (χ1n) is 23.3. The van der Waals surface area contributed by atoms with Gasteiger partial charge in [-0.15, -0.1) is 0 Å². The summed E-state index contributed by atoms with van der Waals surface area (Å²) in [5.41, 5.74) is 17.9. The molecular weight excluding hydrogens is 827 g/mol. The van der Waals surface area contributed by atoms with Gasteiger partial charge in [0.05, 0.1) is 16.8 Å². The topological polar surface area (TPSA) is 29.5 Å². The van der Waals surface area contributed by atoms with E-state index in [1.807, 2.05) is 12.1 Å². The molecule has 3 nitrogen and oxygen atoms in total. The number of anilines is 3. The van der Waals surface area contributed by atoms with Crippen molar-refractivity contribution in [2.45, 2.75) is 5.41 Å². The van der Waals surface area contributed by atoms with Gasteiger partial charge in [-0.25, -0.2) is 0 Å². The van der Waals surface area contributed by atoms with Gasteiger partial charge in [0, 0.05) is 49.3 Å². The second-order valence-electron chi connectivity index (χ2n) is 17.9. The molecule has 0 atom stereocenters. The van der Waals surface area contributed by atoms with Crippen LogP contribution in [0, 0.1) is 0 Å². The fourth-order valence-electron chi connectivity index (χ4n) is 11.4. The van der Waals surface area contributed by atoms with Crippen LogP contribution in [0.4, 0.5) is 17.1 Å². The minimum atomic E-state index is -0.558. The second-order valence-corrected chi connectivity index (χ2v) is 17.9. The zero-order valence-electron chi connectivity index (χ0n) is 36.9. The molecule has 0 aliphatic heterocycles. The molecule has 0 saturated heterocycles. The SMILES string of the molecule is c1ccc(C2(c3ccccc3)c3ccccc3-c3c(N(c4ccc(-c5ccc6c(c5)oc5ccccc56)cc4)c4ccccc4-c4cccc5c4oc4c6ccccc6ccc54)cccc32)cc1. The molecule has 68 heavy (non-hydrogen) atoms. The first-order chi connectivity index (χ1) is 33.7. The molecular formula is C65H41NO2. The number of para-hydroxylation sites is 3. The van der Waals surface area contributed by atoms with Crippen molar-refractivity contribution in [3.05, 3.63) is 271 Å². The molecule has 0 bridgehead atoms. The average Bonchev–Trinajstić information content (AvgIpc) is 4.08. The van der Waals surface area contributed by atoms with Crippen molar-refractivity contribution in [1.29, 1.82) is 0 Å². The summed E-state index contributed by atoms with van der Waals surface area (Å²) in [7, 11) is 0. The molecule has 2 heterocycles. The van der Waals surface area contributed by atoms with Crippen molar-refractivity contribution >= 4 is 71.7 Å². The number of nitrogens with zero attached hydrogens (tertiary/aromatic N) is 1. The molecule has 3 heteroatoms. The Bertz CT molecular complexity index is 4050. The van der Waals surface area contributed by atoms with Crippen LogP contribution in [0.25, 0.3) is 88.0 Å². The van der Waals surface area contributed by atoms with E-state index in [0.717, 1.165) is 94.0 Å². The fourth-order valence-corrected chi connectivity index (χ4v) is 11.4. The van der Waals surface area contributed by atoms with E-state index in [2.05, 4.69) is 241 Å². The summed E-state index contributed by atoms with van der Waals surface area (Å²) in [5, 5.41) is 6.74. The van der Waals surface area contributed by atoms with Crippen molar-refractivity contribution in [3.8, 4) is 33.4 Å². The van der Waals surface area contributed by atoms with E-state index in [1.54, 1.807) is 0 Å². The highest BCUT2D eigenvalue weighted by Gasteiger charge is 2.47. The van der Waals surface area contributed by atoms with Gasteiger partial charge in [-0.2, -0.15) is 0 Å². The van der Waals surface area contributed by atoms with Crippen LogP contribution in [0.3, 0.4) is 0 Å². The number of rotatable bonds is 7. The number of furan rings is 2. The van der Waals surface area contributed by atoms with Gasteiger partial charge in [-0.1, -0.05) is 200 Å². The molecule has 0 unspecified atom stereocenters. The molecule has 0 N–H and O–H groups in total. The Morgan fingerprint density at radius 1 is 0.324 bits per heavy atom. The first-order valence-corrected chi connectivity index (χ1v) is 23.3. The molecule has 1 aliphatic carbocycles. The lowest BCUT2D eigenvalue weighted by Crippen LogP contribution is -2.28. The standard InChI is InChI=1S/C65H41NO2/c1-3-18-45(19-4-1)65(46-20-5-2-6-21-46)56-28-12-9-25-55(56)62-57(65)29-16-31-59(62)66(47-37-33-42(34-38-47)44-36-39-51-50-24-11-14-32-60(50)67-61(51)41-44)58-30-13-10-23-49(58)52-26-15-27-53-54-40-35-43-17-7-8-22-48(43)63(54)68-64(52)53/h1-41H. The van der Waals surface area contributed by atoms with Crippen LogP contribution in [0.2, 0.25) is 0 Å². The van der Waals surface area contributed by atoms with Gasteiger partial charge in [0.15, 0.2) is 0 Å². The lowest BCUT2D eigenvalue weighted by Gasteiger charge is -2.34. The first kappa shape index (κ1) is 38.4. The largest absolute Gasteiger partial charge is 0.456 e. The Labute approximate surface area is 393 Å². The van der Waals surface area contributed by atoms with E-state index in [-0.39, 0.29) is 0 Å². The third-order valence-corrected chi connectivity index (χ3v) is 14.4. The lowest BCUT2D eigenvalue weighted by atomic mass is 9.68. The van der Waals surface area contributed by atoms with Gasteiger partial charge in [0.2, 0.25) is 0 Å². The number of fused-ring (bicyclic) bond motifs is 11. The Morgan fingerprint density at radius 3 is 1.72 bits per heavy atom. The van der Waals surface area contributed by atoms with E-state index >= 15 is 0 Å². The lowest BCUT2D eigenvalue weighted by molar-refractivity contribution is 0.669.